The number of ether oxygens (including phenoxy) is 1. The average Bonchev–Trinajstić information content (AvgIpc) is 2.79. The molecule has 0 aliphatic carbocycles. The lowest BCUT2D eigenvalue weighted by Crippen LogP contribution is -2.28. The van der Waals surface area contributed by atoms with Crippen LogP contribution in [-0.2, 0) is 4.74 Å². The number of aliphatic hydroxyl groups excluding tert-OH is 1. The number of anilines is 1. The molecular weight excluding hydrogens is 458 g/mol. The highest BCUT2D eigenvalue weighted by Crippen LogP contribution is 2.27. The summed E-state index contributed by atoms with van der Waals surface area (Å²) in [7, 11) is 0. The minimum atomic E-state index is -0.769. The number of hydrogen-bond acceptors (Lipinski definition) is 6. The quantitative estimate of drug-likeness (QED) is 0.557. The van der Waals surface area contributed by atoms with Crippen LogP contribution in [0.5, 0.6) is 0 Å². The maximum atomic E-state index is 13.9. The normalized spacial score (nSPS) is 15.5. The zero-order chi connectivity index (χ0) is 22.7. The standard InChI is InChI=1S/C22H21Cl2FN4O3/c23-16-2-1-13(9-18(16)25)19(12-30)29-6-3-14(10-20(29)31)21-17(24)11-26-22(28-21)27-15-4-7-32-8-5-15/h1-3,6,9-11,15,19,30H,4-5,7-8,12H2,(H,26,27,28)/t19-/m1/s1. The molecule has 1 fully saturated rings. The highest BCUT2D eigenvalue weighted by Gasteiger charge is 2.19. The van der Waals surface area contributed by atoms with Gasteiger partial charge in [-0.2, -0.15) is 0 Å². The van der Waals surface area contributed by atoms with E-state index in [1.54, 1.807) is 12.1 Å². The van der Waals surface area contributed by atoms with E-state index in [1.807, 2.05) is 0 Å². The number of nitrogens with zero attached hydrogens (tertiary/aromatic N) is 3. The van der Waals surface area contributed by atoms with Crippen molar-refractivity contribution in [1.29, 1.82) is 0 Å². The molecule has 1 aromatic carbocycles. The summed E-state index contributed by atoms with van der Waals surface area (Å²) in [5.41, 5.74) is 0.948. The number of pyridine rings is 1. The molecule has 1 saturated heterocycles. The summed E-state index contributed by atoms with van der Waals surface area (Å²) in [5.74, 6) is -0.199. The van der Waals surface area contributed by atoms with E-state index in [-0.39, 0.29) is 11.1 Å². The summed E-state index contributed by atoms with van der Waals surface area (Å²) in [6.07, 6.45) is 4.72. The number of rotatable bonds is 6. The second kappa shape index (κ2) is 9.95. The molecule has 7 nitrogen and oxygen atoms in total. The summed E-state index contributed by atoms with van der Waals surface area (Å²) < 4.78 is 20.6. The molecule has 2 aromatic heterocycles. The third kappa shape index (κ3) is 4.94. The Morgan fingerprint density at radius 3 is 2.69 bits per heavy atom. The average molecular weight is 479 g/mol. The first-order valence-corrected chi connectivity index (χ1v) is 10.9. The van der Waals surface area contributed by atoms with E-state index in [0.717, 1.165) is 12.8 Å². The first-order valence-electron chi connectivity index (χ1n) is 10.1. The molecule has 3 aromatic rings. The number of aliphatic hydroxyl groups is 1. The molecule has 0 spiro atoms. The zero-order valence-corrected chi connectivity index (χ0v) is 18.5. The molecule has 32 heavy (non-hydrogen) atoms. The summed E-state index contributed by atoms with van der Waals surface area (Å²) >= 11 is 12.0. The second-order valence-electron chi connectivity index (χ2n) is 7.45. The van der Waals surface area contributed by atoms with E-state index in [9.17, 15) is 14.3 Å². The summed E-state index contributed by atoms with van der Waals surface area (Å²) in [4.78, 5) is 21.6. The molecule has 0 amide bonds. The Morgan fingerprint density at radius 1 is 1.22 bits per heavy atom. The summed E-state index contributed by atoms with van der Waals surface area (Å²) in [5, 5.41) is 13.4. The van der Waals surface area contributed by atoms with Crippen LogP contribution in [0.3, 0.4) is 0 Å². The number of hydrogen-bond donors (Lipinski definition) is 2. The Labute approximate surface area is 193 Å². The Hall–Kier alpha value is -2.52. The maximum absolute atomic E-state index is 13.9. The van der Waals surface area contributed by atoms with Crippen LogP contribution < -0.4 is 10.9 Å². The van der Waals surface area contributed by atoms with Gasteiger partial charge in [-0.05, 0) is 36.6 Å². The van der Waals surface area contributed by atoms with Crippen molar-refractivity contribution in [3.05, 3.63) is 74.5 Å². The number of aromatic nitrogens is 3. The van der Waals surface area contributed by atoms with Crippen LogP contribution in [0.4, 0.5) is 10.3 Å². The van der Waals surface area contributed by atoms with Crippen LogP contribution >= 0.6 is 23.2 Å². The zero-order valence-electron chi connectivity index (χ0n) is 17.0. The lowest BCUT2D eigenvalue weighted by atomic mass is 10.1. The van der Waals surface area contributed by atoms with Gasteiger partial charge in [0, 0.05) is 37.1 Å². The molecule has 0 bridgehead atoms. The van der Waals surface area contributed by atoms with Crippen molar-refractivity contribution in [3.63, 3.8) is 0 Å². The van der Waals surface area contributed by atoms with Gasteiger partial charge >= 0.3 is 0 Å². The lowest BCUT2D eigenvalue weighted by molar-refractivity contribution is 0.0903. The van der Waals surface area contributed by atoms with Crippen LogP contribution in [0.1, 0.15) is 24.4 Å². The lowest BCUT2D eigenvalue weighted by Gasteiger charge is -2.23. The van der Waals surface area contributed by atoms with Gasteiger partial charge in [0.1, 0.15) is 5.82 Å². The topological polar surface area (TPSA) is 89.3 Å². The van der Waals surface area contributed by atoms with Crippen molar-refractivity contribution in [3.8, 4) is 11.3 Å². The Morgan fingerprint density at radius 2 is 2.00 bits per heavy atom. The highest BCUT2D eigenvalue weighted by molar-refractivity contribution is 6.32. The van der Waals surface area contributed by atoms with Gasteiger partial charge in [0.05, 0.1) is 34.6 Å². The summed E-state index contributed by atoms with van der Waals surface area (Å²) in [6.45, 7) is 0.966. The first-order chi connectivity index (χ1) is 15.5. The van der Waals surface area contributed by atoms with Crippen molar-refractivity contribution in [2.24, 2.45) is 0 Å². The van der Waals surface area contributed by atoms with E-state index in [4.69, 9.17) is 27.9 Å². The molecule has 4 rings (SSSR count). The fourth-order valence-corrected chi connectivity index (χ4v) is 3.95. The van der Waals surface area contributed by atoms with Gasteiger partial charge in [0.25, 0.3) is 5.56 Å². The minimum absolute atomic E-state index is 0.0308. The molecular formula is C22H21Cl2FN4O3. The molecule has 3 heterocycles. The van der Waals surface area contributed by atoms with Crippen molar-refractivity contribution in [2.75, 3.05) is 25.1 Å². The molecule has 0 radical (unpaired) electrons. The minimum Gasteiger partial charge on any atom is -0.394 e. The van der Waals surface area contributed by atoms with E-state index >= 15 is 0 Å². The van der Waals surface area contributed by atoms with Crippen LogP contribution in [0.15, 0.2) is 47.5 Å². The van der Waals surface area contributed by atoms with Crippen LogP contribution in [0, 0.1) is 5.82 Å². The molecule has 0 unspecified atom stereocenters. The predicted molar refractivity (Wildman–Crippen MR) is 121 cm³/mol. The number of halogens is 3. The fourth-order valence-electron chi connectivity index (χ4n) is 3.63. The monoisotopic (exact) mass is 478 g/mol. The molecule has 10 heteroatoms. The van der Waals surface area contributed by atoms with Crippen LogP contribution in [0.2, 0.25) is 10.0 Å². The molecule has 1 aliphatic heterocycles. The maximum Gasteiger partial charge on any atom is 0.251 e. The third-order valence-corrected chi connectivity index (χ3v) is 5.94. The second-order valence-corrected chi connectivity index (χ2v) is 8.27. The van der Waals surface area contributed by atoms with E-state index in [0.29, 0.717) is 41.0 Å². The van der Waals surface area contributed by atoms with Gasteiger partial charge in [0.15, 0.2) is 0 Å². The Bertz CT molecular complexity index is 1170. The van der Waals surface area contributed by atoms with Gasteiger partial charge in [-0.1, -0.05) is 29.3 Å². The molecule has 1 atom stereocenters. The predicted octanol–water partition coefficient (Wildman–Crippen LogP) is 3.92. The fraction of sp³-hybridized carbons (Fsp3) is 0.318. The van der Waals surface area contributed by atoms with Gasteiger partial charge in [-0.25, -0.2) is 14.4 Å². The van der Waals surface area contributed by atoms with Crippen molar-refractivity contribution >= 4 is 29.2 Å². The molecule has 168 valence electrons. The Balaban J connectivity index is 1.63. The van der Waals surface area contributed by atoms with Crippen molar-refractivity contribution in [2.45, 2.75) is 24.9 Å². The van der Waals surface area contributed by atoms with Gasteiger partial charge < -0.3 is 19.7 Å². The van der Waals surface area contributed by atoms with Crippen molar-refractivity contribution < 1.29 is 14.2 Å². The van der Waals surface area contributed by atoms with E-state index in [2.05, 4.69) is 15.3 Å². The molecule has 2 N–H and O–H groups in total. The Kier molecular flexibility index (Phi) is 7.05. The van der Waals surface area contributed by atoms with Crippen molar-refractivity contribution in [1.82, 2.24) is 14.5 Å². The van der Waals surface area contributed by atoms with Crippen LogP contribution in [-0.4, -0.2) is 45.5 Å². The van der Waals surface area contributed by atoms with Gasteiger partial charge in [0.2, 0.25) is 5.95 Å². The highest BCUT2D eigenvalue weighted by atomic mass is 35.5. The van der Waals surface area contributed by atoms with Crippen LogP contribution in [0.25, 0.3) is 11.3 Å². The third-order valence-electron chi connectivity index (χ3n) is 5.36. The summed E-state index contributed by atoms with van der Waals surface area (Å²) in [6, 6.07) is 6.65. The van der Waals surface area contributed by atoms with Gasteiger partial charge in [-0.3, -0.25) is 4.79 Å². The molecule has 1 aliphatic rings. The number of benzene rings is 1. The van der Waals surface area contributed by atoms with Gasteiger partial charge in [-0.15, -0.1) is 0 Å². The molecule has 0 saturated carbocycles. The smallest absolute Gasteiger partial charge is 0.251 e. The van der Waals surface area contributed by atoms with E-state index < -0.39 is 24.0 Å². The first kappa shape index (κ1) is 22.7. The SMILES string of the molecule is O=c1cc(-c2nc(NC3CCOCC3)ncc2Cl)ccn1[C@H](CO)c1ccc(Cl)c(F)c1. The largest absolute Gasteiger partial charge is 0.394 e. The van der Waals surface area contributed by atoms with E-state index in [1.165, 1.54) is 35.2 Å². The number of nitrogens with one attached hydrogen (secondary N) is 1.